The maximum atomic E-state index is 13.2. The van der Waals surface area contributed by atoms with Gasteiger partial charge in [0.15, 0.2) is 0 Å². The van der Waals surface area contributed by atoms with Gasteiger partial charge in [-0.15, -0.1) is 0 Å². The van der Waals surface area contributed by atoms with Gasteiger partial charge in [-0.25, -0.2) is 14.1 Å². The third-order valence-electron chi connectivity index (χ3n) is 5.11. The number of amides is 4. The van der Waals surface area contributed by atoms with Crippen LogP contribution in [0.25, 0.3) is 6.08 Å². The molecule has 0 radical (unpaired) electrons. The zero-order chi connectivity index (χ0) is 25.2. The normalized spacial score (nSPS) is 15.5. The smallest absolute Gasteiger partial charge is 0.416 e. The summed E-state index contributed by atoms with van der Waals surface area (Å²) in [5, 5.41) is 2.08. The standard InChI is InChI=1S/C24H17F4N3O4/c25-16-6-8-17(9-7-16)31-22(33)20(21(32)29-23(31)34)14-18-4-2-10-30(18)11-12-35-19-5-1-3-15(13-19)24(26,27)28/h1-10,13-14H,11-12H2,(H,29,32,34)/b20-14+. The van der Waals surface area contributed by atoms with Crippen LogP contribution >= 0.6 is 0 Å². The Morgan fingerprint density at radius 1 is 0.971 bits per heavy atom. The third-order valence-corrected chi connectivity index (χ3v) is 5.11. The molecule has 1 fully saturated rings. The quantitative estimate of drug-likeness (QED) is 0.318. The third kappa shape index (κ3) is 5.24. The highest BCUT2D eigenvalue weighted by Gasteiger charge is 2.37. The summed E-state index contributed by atoms with van der Waals surface area (Å²) >= 11 is 0. The van der Waals surface area contributed by atoms with E-state index in [2.05, 4.69) is 5.32 Å². The van der Waals surface area contributed by atoms with E-state index in [4.69, 9.17) is 4.74 Å². The molecule has 1 aliphatic rings. The second kappa shape index (κ2) is 9.45. The van der Waals surface area contributed by atoms with Crippen molar-refractivity contribution in [3.8, 4) is 5.75 Å². The number of carbonyl (C=O) groups is 3. The van der Waals surface area contributed by atoms with Gasteiger partial charge in [0.25, 0.3) is 11.8 Å². The zero-order valence-corrected chi connectivity index (χ0v) is 17.9. The van der Waals surface area contributed by atoms with Crippen LogP contribution in [0.15, 0.2) is 72.4 Å². The van der Waals surface area contributed by atoms with Gasteiger partial charge in [0.1, 0.15) is 23.7 Å². The zero-order valence-electron chi connectivity index (χ0n) is 17.9. The number of nitrogens with one attached hydrogen (secondary N) is 1. The van der Waals surface area contributed by atoms with Gasteiger partial charge in [0, 0.05) is 11.9 Å². The molecule has 1 aromatic heterocycles. The number of hydrogen-bond donors (Lipinski definition) is 1. The Balaban J connectivity index is 1.50. The number of aromatic nitrogens is 1. The van der Waals surface area contributed by atoms with E-state index in [-0.39, 0.29) is 30.2 Å². The first-order valence-corrected chi connectivity index (χ1v) is 10.3. The van der Waals surface area contributed by atoms with Gasteiger partial charge < -0.3 is 9.30 Å². The van der Waals surface area contributed by atoms with E-state index in [0.717, 1.165) is 29.2 Å². The van der Waals surface area contributed by atoms with Gasteiger partial charge in [-0.1, -0.05) is 6.07 Å². The fourth-order valence-corrected chi connectivity index (χ4v) is 3.42. The molecule has 0 saturated carbocycles. The molecular weight excluding hydrogens is 470 g/mol. The molecule has 0 aliphatic carbocycles. The lowest BCUT2D eigenvalue weighted by atomic mass is 10.1. The highest BCUT2D eigenvalue weighted by Crippen LogP contribution is 2.31. The van der Waals surface area contributed by atoms with Crippen LogP contribution in [0, 0.1) is 5.82 Å². The first kappa shape index (κ1) is 23.7. The highest BCUT2D eigenvalue weighted by atomic mass is 19.4. The molecule has 4 amide bonds. The van der Waals surface area contributed by atoms with Gasteiger partial charge in [0.2, 0.25) is 0 Å². The second-order valence-corrected chi connectivity index (χ2v) is 7.43. The maximum Gasteiger partial charge on any atom is 0.416 e. The number of ether oxygens (including phenoxy) is 1. The number of alkyl halides is 3. The molecule has 11 heteroatoms. The summed E-state index contributed by atoms with van der Waals surface area (Å²) < 4.78 is 58.9. The van der Waals surface area contributed by atoms with Crippen LogP contribution in [0.3, 0.4) is 0 Å². The van der Waals surface area contributed by atoms with Crippen molar-refractivity contribution >= 4 is 29.6 Å². The summed E-state index contributed by atoms with van der Waals surface area (Å²) in [6.45, 7) is 0.200. The topological polar surface area (TPSA) is 80.6 Å². The van der Waals surface area contributed by atoms with Gasteiger partial charge in [-0.05, 0) is 60.7 Å². The Bertz CT molecular complexity index is 1310. The monoisotopic (exact) mass is 487 g/mol. The van der Waals surface area contributed by atoms with E-state index in [1.54, 1.807) is 22.9 Å². The molecular formula is C24H17F4N3O4. The van der Waals surface area contributed by atoms with Crippen LogP contribution < -0.4 is 15.0 Å². The minimum Gasteiger partial charge on any atom is -0.492 e. The van der Waals surface area contributed by atoms with E-state index in [1.165, 1.54) is 30.3 Å². The molecule has 3 aromatic rings. The molecule has 180 valence electrons. The van der Waals surface area contributed by atoms with Crippen molar-refractivity contribution < 1.29 is 36.7 Å². The number of imide groups is 2. The SMILES string of the molecule is O=C1NC(=O)N(c2ccc(F)cc2)C(=O)/C1=C/c1cccn1CCOc1cccc(C(F)(F)F)c1. The van der Waals surface area contributed by atoms with Gasteiger partial charge in [-0.2, -0.15) is 13.2 Å². The Kier molecular flexibility index (Phi) is 6.41. The first-order chi connectivity index (χ1) is 16.6. The molecule has 0 spiro atoms. The average Bonchev–Trinajstić information content (AvgIpc) is 3.24. The summed E-state index contributed by atoms with van der Waals surface area (Å²) in [4.78, 5) is 38.3. The minimum atomic E-state index is -4.49. The number of nitrogens with zero attached hydrogens (tertiary/aromatic N) is 2. The summed E-state index contributed by atoms with van der Waals surface area (Å²) in [5.74, 6) is -2.30. The van der Waals surface area contributed by atoms with Crippen molar-refractivity contribution in [2.75, 3.05) is 11.5 Å². The molecule has 1 saturated heterocycles. The van der Waals surface area contributed by atoms with Crippen LogP contribution in [0.4, 0.5) is 28.0 Å². The van der Waals surface area contributed by atoms with Crippen LogP contribution in [-0.2, 0) is 22.3 Å². The number of carbonyl (C=O) groups excluding carboxylic acids is 3. The van der Waals surface area contributed by atoms with Crippen molar-refractivity contribution in [3.05, 3.63) is 89.5 Å². The molecule has 35 heavy (non-hydrogen) atoms. The molecule has 0 atom stereocenters. The number of urea groups is 1. The molecule has 2 aromatic carbocycles. The number of rotatable bonds is 6. The molecule has 7 nitrogen and oxygen atoms in total. The summed E-state index contributed by atoms with van der Waals surface area (Å²) in [5.41, 5.74) is -0.655. The summed E-state index contributed by atoms with van der Waals surface area (Å²) in [6, 6.07) is 11.4. The first-order valence-electron chi connectivity index (χ1n) is 10.3. The molecule has 4 rings (SSSR count). The van der Waals surface area contributed by atoms with Crippen molar-refractivity contribution in [1.82, 2.24) is 9.88 Å². The Morgan fingerprint density at radius 3 is 2.43 bits per heavy atom. The predicted molar refractivity (Wildman–Crippen MR) is 117 cm³/mol. The predicted octanol–water partition coefficient (Wildman–Crippen LogP) is 4.39. The Labute approximate surface area is 196 Å². The largest absolute Gasteiger partial charge is 0.492 e. The number of anilines is 1. The Morgan fingerprint density at radius 2 is 1.71 bits per heavy atom. The van der Waals surface area contributed by atoms with Gasteiger partial charge in [0.05, 0.1) is 17.8 Å². The summed E-state index contributed by atoms with van der Waals surface area (Å²) in [6.07, 6.45) is -1.57. The minimum absolute atomic E-state index is 0.00645. The second-order valence-electron chi connectivity index (χ2n) is 7.43. The number of halogens is 4. The van der Waals surface area contributed by atoms with Crippen molar-refractivity contribution in [2.24, 2.45) is 0 Å². The van der Waals surface area contributed by atoms with Crippen LogP contribution in [0.1, 0.15) is 11.3 Å². The number of benzene rings is 2. The molecule has 0 bridgehead atoms. The molecule has 0 unspecified atom stereocenters. The lowest BCUT2D eigenvalue weighted by Crippen LogP contribution is -2.54. The van der Waals surface area contributed by atoms with Crippen molar-refractivity contribution in [2.45, 2.75) is 12.7 Å². The van der Waals surface area contributed by atoms with Crippen LogP contribution in [0.2, 0.25) is 0 Å². The maximum absolute atomic E-state index is 13.2. The fraction of sp³-hybridized carbons (Fsp3) is 0.125. The molecule has 1 N–H and O–H groups in total. The lowest BCUT2D eigenvalue weighted by molar-refractivity contribution is -0.137. The van der Waals surface area contributed by atoms with Crippen molar-refractivity contribution in [3.63, 3.8) is 0 Å². The Hall–Kier alpha value is -4.41. The fourth-order valence-electron chi connectivity index (χ4n) is 3.42. The van der Waals surface area contributed by atoms with Gasteiger partial charge >= 0.3 is 12.2 Å². The van der Waals surface area contributed by atoms with E-state index in [1.807, 2.05) is 0 Å². The van der Waals surface area contributed by atoms with Crippen molar-refractivity contribution in [1.29, 1.82) is 0 Å². The lowest BCUT2D eigenvalue weighted by Gasteiger charge is -2.26. The molecule has 2 heterocycles. The summed E-state index contributed by atoms with van der Waals surface area (Å²) in [7, 11) is 0. The van der Waals surface area contributed by atoms with E-state index >= 15 is 0 Å². The van der Waals surface area contributed by atoms with Crippen LogP contribution in [-0.4, -0.2) is 29.0 Å². The van der Waals surface area contributed by atoms with E-state index < -0.39 is 35.4 Å². The highest BCUT2D eigenvalue weighted by molar-refractivity contribution is 6.39. The van der Waals surface area contributed by atoms with Crippen LogP contribution in [0.5, 0.6) is 5.75 Å². The number of barbiturate groups is 1. The number of hydrogen-bond acceptors (Lipinski definition) is 4. The van der Waals surface area contributed by atoms with E-state index in [0.29, 0.717) is 5.69 Å². The molecule has 1 aliphatic heterocycles. The van der Waals surface area contributed by atoms with E-state index in [9.17, 15) is 31.9 Å². The van der Waals surface area contributed by atoms with Gasteiger partial charge in [-0.3, -0.25) is 14.9 Å². The average molecular weight is 487 g/mol.